The minimum atomic E-state index is -4.49. The van der Waals surface area contributed by atoms with Gasteiger partial charge in [0, 0.05) is 24.0 Å². The van der Waals surface area contributed by atoms with Gasteiger partial charge in [-0.2, -0.15) is 18.3 Å². The fourth-order valence-electron chi connectivity index (χ4n) is 4.72. The number of sulfonamides is 1. The van der Waals surface area contributed by atoms with E-state index in [1.807, 2.05) is 0 Å². The number of benzene rings is 1. The van der Waals surface area contributed by atoms with Crippen LogP contribution in [0, 0.1) is 18.6 Å². The minimum Gasteiger partial charge on any atom is -0.294 e. The minimum absolute atomic E-state index is 0.0276. The third kappa shape index (κ3) is 5.24. The zero-order valence-electron chi connectivity index (χ0n) is 21.7. The molecule has 1 aliphatic heterocycles. The number of rotatable bonds is 6. The van der Waals surface area contributed by atoms with E-state index < -0.39 is 50.7 Å². The highest BCUT2D eigenvalue weighted by atomic mass is 32.2. The maximum Gasteiger partial charge on any atom is 0.408 e. The molecule has 4 aromatic rings. The molecule has 0 atom stereocenters. The van der Waals surface area contributed by atoms with Crippen molar-refractivity contribution in [2.75, 3.05) is 9.62 Å². The smallest absolute Gasteiger partial charge is 0.294 e. The van der Waals surface area contributed by atoms with E-state index in [9.17, 15) is 35.2 Å². The number of fused-ring (bicyclic) bond motifs is 1. The Hall–Kier alpha value is -4.40. The molecular formula is C26H21F5N6O3S. The first-order valence-electron chi connectivity index (χ1n) is 12.0. The average Bonchev–Trinajstić information content (AvgIpc) is 3.36. The van der Waals surface area contributed by atoms with Gasteiger partial charge < -0.3 is 0 Å². The lowest BCUT2D eigenvalue weighted by Gasteiger charge is -2.30. The van der Waals surface area contributed by atoms with E-state index in [2.05, 4.69) is 19.8 Å². The molecule has 15 heteroatoms. The van der Waals surface area contributed by atoms with E-state index in [1.54, 1.807) is 26.8 Å². The number of nitrogens with zero attached hydrogens (tertiary/aromatic N) is 5. The first-order chi connectivity index (χ1) is 19.1. The monoisotopic (exact) mass is 592 g/mol. The number of hydrogen-bond acceptors (Lipinski definition) is 6. The van der Waals surface area contributed by atoms with Crippen LogP contribution in [0.2, 0.25) is 0 Å². The summed E-state index contributed by atoms with van der Waals surface area (Å²) in [6.07, 6.45) is 0.424. The summed E-state index contributed by atoms with van der Waals surface area (Å²) in [5.41, 5.74) is 0.876. The molecule has 0 fully saturated rings. The Balaban J connectivity index is 1.48. The molecule has 214 valence electrons. The number of anilines is 2. The predicted octanol–water partition coefficient (Wildman–Crippen LogP) is 5.19. The highest BCUT2D eigenvalue weighted by molar-refractivity contribution is 7.92. The summed E-state index contributed by atoms with van der Waals surface area (Å²) < 4.78 is 94.3. The van der Waals surface area contributed by atoms with Crippen molar-refractivity contribution in [3.05, 3.63) is 83.6 Å². The molecule has 1 N–H and O–H groups in total. The largest absolute Gasteiger partial charge is 0.408 e. The Morgan fingerprint density at radius 1 is 1.05 bits per heavy atom. The average molecular weight is 593 g/mol. The van der Waals surface area contributed by atoms with Crippen LogP contribution < -0.4 is 9.62 Å². The van der Waals surface area contributed by atoms with Crippen LogP contribution in [0.4, 0.5) is 33.3 Å². The zero-order valence-corrected chi connectivity index (χ0v) is 22.5. The molecule has 0 saturated carbocycles. The van der Waals surface area contributed by atoms with Gasteiger partial charge >= 0.3 is 6.18 Å². The van der Waals surface area contributed by atoms with Crippen LogP contribution in [0.25, 0.3) is 11.3 Å². The van der Waals surface area contributed by atoms with Gasteiger partial charge in [-0.05, 0) is 50.6 Å². The first kappa shape index (κ1) is 28.1. The van der Waals surface area contributed by atoms with Gasteiger partial charge in [-0.1, -0.05) is 0 Å². The maximum atomic E-state index is 14.1. The number of hydrogen-bond donors (Lipinski definition) is 1. The van der Waals surface area contributed by atoms with Crippen LogP contribution in [-0.4, -0.2) is 40.2 Å². The summed E-state index contributed by atoms with van der Waals surface area (Å²) in [4.78, 5) is 22.7. The topological polar surface area (TPSA) is 110 Å². The van der Waals surface area contributed by atoms with E-state index >= 15 is 0 Å². The van der Waals surface area contributed by atoms with Crippen molar-refractivity contribution in [1.29, 1.82) is 0 Å². The summed E-state index contributed by atoms with van der Waals surface area (Å²) in [5.74, 6) is -2.66. The molecule has 3 aromatic heterocycles. The quantitative estimate of drug-likeness (QED) is 0.309. The van der Waals surface area contributed by atoms with Gasteiger partial charge in [0.15, 0.2) is 0 Å². The second-order valence-corrected chi connectivity index (χ2v) is 11.6. The van der Waals surface area contributed by atoms with E-state index in [0.29, 0.717) is 33.3 Å². The maximum absolute atomic E-state index is 14.1. The Labute approximate surface area is 230 Å². The Bertz CT molecular complexity index is 1800. The second kappa shape index (κ2) is 9.61. The van der Waals surface area contributed by atoms with Crippen LogP contribution in [0.1, 0.15) is 35.5 Å². The van der Waals surface area contributed by atoms with Gasteiger partial charge in [0.25, 0.3) is 15.9 Å². The Morgan fingerprint density at radius 3 is 2.46 bits per heavy atom. The molecule has 1 amide bonds. The van der Waals surface area contributed by atoms with Crippen molar-refractivity contribution in [3.8, 4) is 11.3 Å². The van der Waals surface area contributed by atoms with Gasteiger partial charge in [0.1, 0.15) is 23.1 Å². The summed E-state index contributed by atoms with van der Waals surface area (Å²) in [6, 6.07) is 5.07. The molecule has 5 rings (SSSR count). The van der Waals surface area contributed by atoms with Crippen molar-refractivity contribution in [1.82, 2.24) is 19.7 Å². The van der Waals surface area contributed by atoms with Crippen molar-refractivity contribution in [2.45, 2.75) is 43.9 Å². The highest BCUT2D eigenvalue weighted by Crippen LogP contribution is 2.43. The molecule has 0 bridgehead atoms. The molecular weight excluding hydrogens is 571 g/mol. The number of nitrogens with one attached hydrogen (secondary N) is 1. The lowest BCUT2D eigenvalue weighted by molar-refractivity contribution is -0.142. The fraction of sp³-hybridized carbons (Fsp3) is 0.231. The standard InChI is InChI=1S/C26H21F5N6O3S/c1-14-6-20(15-7-17(10-32-9-15)35-41(39,40)21-5-4-16(27)8-19(21)28)34-23-22(14)24(38)37(25(23,2)3)18-11-33-36(12-18)13-26(29,30)31/h4-12,35H,13H2,1-3H3. The number of aromatic nitrogens is 4. The summed E-state index contributed by atoms with van der Waals surface area (Å²) in [5, 5.41) is 3.74. The normalized spacial score (nSPS) is 14.8. The fourth-order valence-corrected chi connectivity index (χ4v) is 5.82. The lowest BCUT2D eigenvalue weighted by Crippen LogP contribution is -2.39. The lowest BCUT2D eigenvalue weighted by atomic mass is 9.96. The Kier molecular flexibility index (Phi) is 6.59. The van der Waals surface area contributed by atoms with E-state index in [4.69, 9.17) is 0 Å². The number of aryl methyl sites for hydroxylation is 1. The SMILES string of the molecule is Cc1cc(-c2cncc(NS(=O)(=O)c3ccc(F)cc3F)c2)nc2c1C(=O)N(c1cnn(CC(F)(F)F)c1)C2(C)C. The molecule has 1 aromatic carbocycles. The van der Waals surface area contributed by atoms with E-state index in [1.165, 1.54) is 29.6 Å². The third-order valence-corrected chi connectivity index (χ3v) is 7.88. The molecule has 9 nitrogen and oxygen atoms in total. The van der Waals surface area contributed by atoms with Gasteiger partial charge in [-0.3, -0.25) is 24.1 Å². The second-order valence-electron chi connectivity index (χ2n) is 9.90. The van der Waals surface area contributed by atoms with Crippen LogP contribution in [-0.2, 0) is 22.1 Å². The Morgan fingerprint density at radius 2 is 1.78 bits per heavy atom. The summed E-state index contributed by atoms with van der Waals surface area (Å²) >= 11 is 0. The van der Waals surface area contributed by atoms with Gasteiger partial charge in [-0.15, -0.1) is 0 Å². The molecule has 0 saturated heterocycles. The number of pyridine rings is 2. The van der Waals surface area contributed by atoms with Crippen LogP contribution in [0.15, 0.2) is 60.0 Å². The third-order valence-electron chi connectivity index (χ3n) is 6.46. The van der Waals surface area contributed by atoms with Crippen molar-refractivity contribution < 1.29 is 35.2 Å². The predicted molar refractivity (Wildman–Crippen MR) is 137 cm³/mol. The molecule has 4 heterocycles. The van der Waals surface area contributed by atoms with Crippen LogP contribution in [0.3, 0.4) is 0 Å². The van der Waals surface area contributed by atoms with Crippen LogP contribution >= 0.6 is 0 Å². The number of amides is 1. The highest BCUT2D eigenvalue weighted by Gasteiger charge is 2.47. The number of carbonyl (C=O) groups excluding carboxylic acids is 1. The number of alkyl halides is 3. The number of carbonyl (C=O) groups is 1. The van der Waals surface area contributed by atoms with Gasteiger partial charge in [0.2, 0.25) is 0 Å². The summed E-state index contributed by atoms with van der Waals surface area (Å²) in [6.45, 7) is 3.73. The summed E-state index contributed by atoms with van der Waals surface area (Å²) in [7, 11) is -4.43. The molecule has 0 radical (unpaired) electrons. The van der Waals surface area contributed by atoms with Gasteiger partial charge in [-0.25, -0.2) is 22.2 Å². The van der Waals surface area contributed by atoms with E-state index in [0.717, 1.165) is 18.3 Å². The molecule has 1 aliphatic rings. The number of halogens is 5. The van der Waals surface area contributed by atoms with Gasteiger partial charge in [0.05, 0.1) is 46.3 Å². The molecule has 0 unspecified atom stereocenters. The molecule has 0 aliphatic carbocycles. The van der Waals surface area contributed by atoms with Crippen molar-refractivity contribution in [2.24, 2.45) is 0 Å². The van der Waals surface area contributed by atoms with Crippen LogP contribution in [0.5, 0.6) is 0 Å². The molecule has 41 heavy (non-hydrogen) atoms. The van der Waals surface area contributed by atoms with Crippen molar-refractivity contribution >= 4 is 27.3 Å². The molecule has 0 spiro atoms. The van der Waals surface area contributed by atoms with E-state index in [-0.39, 0.29) is 16.9 Å². The first-order valence-corrected chi connectivity index (χ1v) is 13.4. The van der Waals surface area contributed by atoms with Crippen molar-refractivity contribution in [3.63, 3.8) is 0 Å². The zero-order chi connectivity index (χ0) is 29.9.